The zero-order chi connectivity index (χ0) is 13.0. The van der Waals surface area contributed by atoms with Crippen molar-refractivity contribution in [2.24, 2.45) is 0 Å². The number of benzene rings is 1. The molecule has 0 unspecified atom stereocenters. The fourth-order valence-electron chi connectivity index (χ4n) is 1.24. The molecule has 0 bridgehead atoms. The van der Waals surface area contributed by atoms with Crippen molar-refractivity contribution in [3.63, 3.8) is 0 Å². The Balaban J connectivity index is 2.01. The van der Waals surface area contributed by atoms with Gasteiger partial charge < -0.3 is 0 Å². The molecule has 0 N–H and O–H groups in total. The van der Waals surface area contributed by atoms with E-state index in [0.29, 0.717) is 5.75 Å². The molecule has 0 saturated carbocycles. The molecule has 0 radical (unpaired) electrons. The third-order valence-corrected chi connectivity index (χ3v) is 5.15. The second-order valence-electron chi connectivity index (χ2n) is 3.25. The lowest BCUT2D eigenvalue weighted by atomic mass is 10.2. The predicted octanol–water partition coefficient (Wildman–Crippen LogP) is 3.46. The molecule has 0 spiro atoms. The average molecular weight is 299 g/mol. The van der Waals surface area contributed by atoms with Gasteiger partial charge in [0.05, 0.1) is 4.92 Å². The van der Waals surface area contributed by atoms with Crippen molar-refractivity contribution in [1.82, 2.24) is 10.2 Å². The van der Waals surface area contributed by atoms with E-state index >= 15 is 0 Å². The highest BCUT2D eigenvalue weighted by atomic mass is 32.2. The number of hydrogen-bond donors (Lipinski definition) is 0. The summed E-state index contributed by atoms with van der Waals surface area (Å²) in [5.74, 6) is 0.657. The van der Waals surface area contributed by atoms with E-state index in [-0.39, 0.29) is 10.6 Å². The summed E-state index contributed by atoms with van der Waals surface area (Å²) in [6.45, 7) is 0. The van der Waals surface area contributed by atoms with Crippen molar-refractivity contribution in [2.75, 3.05) is 6.26 Å². The first-order valence-electron chi connectivity index (χ1n) is 4.92. The SMILES string of the molecule is CSc1nnc(SCc2cccc([N+](=O)[O-])c2)s1. The molecule has 94 valence electrons. The number of nitro benzene ring substituents is 1. The molecule has 5 nitrogen and oxygen atoms in total. The van der Waals surface area contributed by atoms with E-state index in [1.54, 1.807) is 23.9 Å². The van der Waals surface area contributed by atoms with Gasteiger partial charge in [-0.05, 0) is 11.8 Å². The third kappa shape index (κ3) is 3.44. The Morgan fingerprint density at radius 2 is 2.17 bits per heavy atom. The number of nitrogens with zero attached hydrogens (tertiary/aromatic N) is 3. The molecule has 0 atom stereocenters. The highest BCUT2D eigenvalue weighted by molar-refractivity contribution is 8.02. The number of nitro groups is 1. The summed E-state index contributed by atoms with van der Waals surface area (Å²) >= 11 is 4.63. The smallest absolute Gasteiger partial charge is 0.258 e. The predicted molar refractivity (Wildman–Crippen MR) is 74.3 cm³/mol. The van der Waals surface area contributed by atoms with E-state index < -0.39 is 0 Å². The summed E-state index contributed by atoms with van der Waals surface area (Å²) in [6.07, 6.45) is 1.95. The molecule has 0 aliphatic carbocycles. The van der Waals surface area contributed by atoms with Crippen LogP contribution in [0.2, 0.25) is 0 Å². The van der Waals surface area contributed by atoms with Crippen LogP contribution in [-0.4, -0.2) is 21.4 Å². The third-order valence-electron chi connectivity index (χ3n) is 2.05. The van der Waals surface area contributed by atoms with Crippen LogP contribution in [-0.2, 0) is 5.75 Å². The lowest BCUT2D eigenvalue weighted by Gasteiger charge is -1.98. The van der Waals surface area contributed by atoms with Gasteiger partial charge in [-0.2, -0.15) is 0 Å². The van der Waals surface area contributed by atoms with Crippen LogP contribution in [0.25, 0.3) is 0 Å². The van der Waals surface area contributed by atoms with Crippen LogP contribution in [0.3, 0.4) is 0 Å². The number of hydrogen-bond acceptors (Lipinski definition) is 7. The van der Waals surface area contributed by atoms with Crippen molar-refractivity contribution in [1.29, 1.82) is 0 Å². The molecule has 0 aliphatic heterocycles. The fourth-order valence-corrected chi connectivity index (χ4v) is 3.62. The van der Waals surface area contributed by atoms with Crippen LogP contribution in [0.5, 0.6) is 0 Å². The van der Waals surface area contributed by atoms with Crippen LogP contribution >= 0.6 is 34.9 Å². The number of aromatic nitrogens is 2. The second-order valence-corrected chi connectivity index (χ2v) is 6.51. The van der Waals surface area contributed by atoms with Crippen LogP contribution in [0.4, 0.5) is 5.69 Å². The maximum atomic E-state index is 10.6. The minimum absolute atomic E-state index is 0.121. The van der Waals surface area contributed by atoms with Crippen molar-refractivity contribution < 1.29 is 4.92 Å². The summed E-state index contributed by atoms with van der Waals surface area (Å²) in [7, 11) is 0. The number of rotatable bonds is 5. The molecule has 2 aromatic rings. The highest BCUT2D eigenvalue weighted by Gasteiger charge is 2.08. The molecule has 1 aromatic heterocycles. The summed E-state index contributed by atoms with van der Waals surface area (Å²) in [5, 5.41) is 18.7. The van der Waals surface area contributed by atoms with Gasteiger partial charge in [0.2, 0.25) is 0 Å². The first kappa shape index (κ1) is 13.3. The summed E-state index contributed by atoms with van der Waals surface area (Å²) < 4.78 is 1.81. The van der Waals surface area contributed by atoms with Crippen molar-refractivity contribution in [3.8, 4) is 0 Å². The largest absolute Gasteiger partial charge is 0.269 e. The Hall–Kier alpha value is -1.12. The van der Waals surface area contributed by atoms with Gasteiger partial charge in [-0.1, -0.05) is 47.0 Å². The number of thioether (sulfide) groups is 2. The van der Waals surface area contributed by atoms with Gasteiger partial charge in [0.1, 0.15) is 0 Å². The first-order chi connectivity index (χ1) is 8.69. The Bertz CT molecular complexity index is 559. The molecule has 18 heavy (non-hydrogen) atoms. The van der Waals surface area contributed by atoms with Crippen molar-refractivity contribution >= 4 is 40.5 Å². The van der Waals surface area contributed by atoms with Gasteiger partial charge >= 0.3 is 0 Å². The number of non-ortho nitro benzene ring substituents is 1. The van der Waals surface area contributed by atoms with Crippen LogP contribution in [0.1, 0.15) is 5.56 Å². The van der Waals surface area contributed by atoms with Gasteiger partial charge in [-0.3, -0.25) is 10.1 Å². The molecule has 8 heteroatoms. The Labute approximate surface area is 116 Å². The van der Waals surface area contributed by atoms with E-state index in [2.05, 4.69) is 10.2 Å². The highest BCUT2D eigenvalue weighted by Crippen LogP contribution is 2.30. The van der Waals surface area contributed by atoms with Gasteiger partial charge in [-0.25, -0.2) is 0 Å². The van der Waals surface area contributed by atoms with Crippen molar-refractivity contribution in [3.05, 3.63) is 39.9 Å². The van der Waals surface area contributed by atoms with E-state index in [1.165, 1.54) is 29.2 Å². The lowest BCUT2D eigenvalue weighted by molar-refractivity contribution is -0.384. The van der Waals surface area contributed by atoms with E-state index in [1.807, 2.05) is 12.3 Å². The quantitative estimate of drug-likeness (QED) is 0.478. The fraction of sp³-hybridized carbons (Fsp3) is 0.200. The van der Waals surface area contributed by atoms with Crippen LogP contribution in [0.15, 0.2) is 32.9 Å². The van der Waals surface area contributed by atoms with Gasteiger partial charge in [0.25, 0.3) is 5.69 Å². The molecule has 2 rings (SSSR count). The second kappa shape index (κ2) is 6.17. The summed E-state index contributed by atoms with van der Waals surface area (Å²) in [6, 6.07) is 6.65. The molecule has 0 fully saturated rings. The van der Waals surface area contributed by atoms with Crippen LogP contribution in [0, 0.1) is 10.1 Å². The van der Waals surface area contributed by atoms with E-state index in [0.717, 1.165) is 14.2 Å². The van der Waals surface area contributed by atoms with Gasteiger partial charge in [0.15, 0.2) is 8.68 Å². The Morgan fingerprint density at radius 3 is 2.83 bits per heavy atom. The summed E-state index contributed by atoms with van der Waals surface area (Å²) in [4.78, 5) is 10.3. The average Bonchev–Trinajstić information content (AvgIpc) is 2.84. The Kier molecular flexibility index (Phi) is 4.56. The standard InChI is InChI=1S/C10H9N3O2S3/c1-16-9-11-12-10(18-9)17-6-7-3-2-4-8(5-7)13(14)15/h2-5H,6H2,1H3. The molecular weight excluding hydrogens is 290 g/mol. The Morgan fingerprint density at radius 1 is 1.39 bits per heavy atom. The van der Waals surface area contributed by atoms with Gasteiger partial charge in [0, 0.05) is 17.9 Å². The monoisotopic (exact) mass is 299 g/mol. The maximum Gasteiger partial charge on any atom is 0.269 e. The molecule has 0 saturated heterocycles. The van der Waals surface area contributed by atoms with E-state index in [9.17, 15) is 10.1 Å². The minimum Gasteiger partial charge on any atom is -0.258 e. The van der Waals surface area contributed by atoms with E-state index in [4.69, 9.17) is 0 Å². The molecule has 0 aliphatic rings. The molecule has 1 aromatic carbocycles. The molecule has 1 heterocycles. The normalized spacial score (nSPS) is 10.5. The molecule has 0 amide bonds. The summed E-state index contributed by atoms with van der Waals surface area (Å²) in [5.41, 5.74) is 1.03. The molecular formula is C10H9N3O2S3. The topological polar surface area (TPSA) is 68.9 Å². The zero-order valence-corrected chi connectivity index (χ0v) is 11.8. The van der Waals surface area contributed by atoms with Crippen LogP contribution < -0.4 is 0 Å². The first-order valence-corrected chi connectivity index (χ1v) is 7.95. The zero-order valence-electron chi connectivity index (χ0n) is 9.40. The lowest BCUT2D eigenvalue weighted by Crippen LogP contribution is -1.89. The maximum absolute atomic E-state index is 10.6. The van der Waals surface area contributed by atoms with Gasteiger partial charge in [-0.15, -0.1) is 10.2 Å². The minimum atomic E-state index is -0.384. The van der Waals surface area contributed by atoms with Crippen molar-refractivity contribution in [2.45, 2.75) is 14.4 Å².